The van der Waals surface area contributed by atoms with Crippen LogP contribution < -0.4 is 0 Å². The van der Waals surface area contributed by atoms with Crippen LogP contribution in [0.4, 0.5) is 13.2 Å². The third-order valence-electron chi connectivity index (χ3n) is 7.65. The number of hydrogen-bond acceptors (Lipinski definition) is 6. The molecule has 2 aliphatic carbocycles. The first kappa shape index (κ1) is 26.7. The Morgan fingerprint density at radius 3 is 2.41 bits per heavy atom. The van der Waals surface area contributed by atoms with E-state index in [2.05, 4.69) is 19.0 Å². The van der Waals surface area contributed by atoms with Gasteiger partial charge in [0.15, 0.2) is 5.79 Å². The maximum absolute atomic E-state index is 13.2. The summed E-state index contributed by atoms with van der Waals surface area (Å²) in [5.41, 5.74) is 4.78. The summed E-state index contributed by atoms with van der Waals surface area (Å²) in [6.45, 7) is 5.17. The van der Waals surface area contributed by atoms with Crippen LogP contribution in [0.5, 0.6) is 0 Å². The third kappa shape index (κ3) is 5.08. The van der Waals surface area contributed by atoms with Crippen LogP contribution in [0.15, 0.2) is 30.3 Å². The number of nitrogens with zero attached hydrogens (tertiary/aromatic N) is 1. The second kappa shape index (κ2) is 10.3. The molecule has 2 atom stereocenters. The Morgan fingerprint density at radius 2 is 1.84 bits per heavy atom. The number of alkyl halides is 3. The van der Waals surface area contributed by atoms with Crippen LogP contribution in [0.25, 0.3) is 5.57 Å². The summed E-state index contributed by atoms with van der Waals surface area (Å²) in [7, 11) is 0. The topological polar surface area (TPSA) is 60.8 Å². The molecule has 2 heterocycles. The number of halogens is 3. The van der Waals surface area contributed by atoms with Crippen molar-refractivity contribution < 1.29 is 31.9 Å². The van der Waals surface area contributed by atoms with E-state index in [1.165, 1.54) is 12.1 Å². The van der Waals surface area contributed by atoms with E-state index in [1.807, 2.05) is 13.8 Å². The van der Waals surface area contributed by atoms with E-state index in [0.29, 0.717) is 43.6 Å². The molecule has 2 aromatic rings. The van der Waals surface area contributed by atoms with Crippen LogP contribution in [-0.2, 0) is 26.3 Å². The fourth-order valence-corrected chi connectivity index (χ4v) is 6.01. The van der Waals surface area contributed by atoms with E-state index in [0.717, 1.165) is 59.5 Å². The minimum absolute atomic E-state index is 0.0162. The number of aromatic nitrogens is 1. The standard InChI is InChI=1S/C28H32F3NO4S/c1-16(2)25-24(26(33)18-6-8-19(9-7-18)28(29,30)31)22(23-20(32-25)4-3-5-21(23)36-37)17-10-12-27(13-11-17)34-14-15-35-27/h6-10,16,21,26,33,37H,3-5,11-15H2,1-2H3. The summed E-state index contributed by atoms with van der Waals surface area (Å²) < 4.78 is 57.0. The first-order chi connectivity index (χ1) is 17.6. The van der Waals surface area contributed by atoms with Gasteiger partial charge in [0.2, 0.25) is 0 Å². The quantitative estimate of drug-likeness (QED) is 0.324. The maximum atomic E-state index is 13.2. The molecule has 1 N–H and O–H groups in total. The minimum atomic E-state index is -4.45. The predicted octanol–water partition coefficient (Wildman–Crippen LogP) is 6.85. The van der Waals surface area contributed by atoms with Crippen molar-refractivity contribution in [3.05, 3.63) is 69.5 Å². The lowest BCUT2D eigenvalue weighted by molar-refractivity contribution is -0.159. The maximum Gasteiger partial charge on any atom is 0.416 e. The van der Waals surface area contributed by atoms with Gasteiger partial charge in [0.05, 0.1) is 24.9 Å². The van der Waals surface area contributed by atoms with Crippen molar-refractivity contribution in [2.45, 2.75) is 82.5 Å². The smallest absolute Gasteiger partial charge is 0.384 e. The van der Waals surface area contributed by atoms with Crippen molar-refractivity contribution >= 4 is 18.5 Å². The van der Waals surface area contributed by atoms with Crippen molar-refractivity contribution in [3.8, 4) is 0 Å². The molecule has 200 valence electrons. The average molecular weight is 536 g/mol. The van der Waals surface area contributed by atoms with Crippen LogP contribution >= 0.6 is 12.9 Å². The normalized spacial score (nSPS) is 22.3. The Morgan fingerprint density at radius 1 is 1.14 bits per heavy atom. The number of thiol groups is 1. The molecular weight excluding hydrogens is 503 g/mol. The highest BCUT2D eigenvalue weighted by molar-refractivity contribution is 7.75. The first-order valence-corrected chi connectivity index (χ1v) is 13.2. The molecule has 5 rings (SSSR count). The fourth-order valence-electron chi connectivity index (χ4n) is 5.80. The highest BCUT2D eigenvalue weighted by Gasteiger charge is 2.40. The summed E-state index contributed by atoms with van der Waals surface area (Å²) in [4.78, 5) is 5.01. The van der Waals surface area contributed by atoms with Crippen LogP contribution in [0, 0.1) is 0 Å². The highest BCUT2D eigenvalue weighted by atomic mass is 32.1. The van der Waals surface area contributed by atoms with Gasteiger partial charge in [-0.3, -0.25) is 4.98 Å². The zero-order chi connectivity index (χ0) is 26.4. The Bertz CT molecular complexity index is 1170. The van der Waals surface area contributed by atoms with Gasteiger partial charge in [0.25, 0.3) is 0 Å². The van der Waals surface area contributed by atoms with Crippen molar-refractivity contribution in [1.29, 1.82) is 0 Å². The fraction of sp³-hybridized carbons (Fsp3) is 0.536. The molecule has 0 amide bonds. The zero-order valence-electron chi connectivity index (χ0n) is 21.0. The summed E-state index contributed by atoms with van der Waals surface area (Å²) >= 11 is 4.17. The molecule has 2 unspecified atom stereocenters. The van der Waals surface area contributed by atoms with E-state index in [-0.39, 0.29) is 12.0 Å². The average Bonchev–Trinajstić information content (AvgIpc) is 3.34. The van der Waals surface area contributed by atoms with Crippen LogP contribution in [-0.4, -0.2) is 29.1 Å². The molecule has 1 saturated heterocycles. The number of fused-ring (bicyclic) bond motifs is 1. The largest absolute Gasteiger partial charge is 0.416 e. The van der Waals surface area contributed by atoms with Gasteiger partial charge < -0.3 is 18.8 Å². The van der Waals surface area contributed by atoms with Gasteiger partial charge in [-0.2, -0.15) is 13.2 Å². The van der Waals surface area contributed by atoms with Crippen molar-refractivity contribution in [1.82, 2.24) is 4.98 Å². The molecule has 0 saturated carbocycles. The molecule has 3 aliphatic rings. The molecule has 0 bridgehead atoms. The van der Waals surface area contributed by atoms with Crippen LogP contribution in [0.1, 0.15) is 103 Å². The van der Waals surface area contributed by atoms with Gasteiger partial charge in [-0.15, -0.1) is 0 Å². The van der Waals surface area contributed by atoms with Gasteiger partial charge in [-0.05, 0) is 73.3 Å². The minimum Gasteiger partial charge on any atom is -0.384 e. The molecule has 1 aromatic carbocycles. The summed E-state index contributed by atoms with van der Waals surface area (Å²) in [6, 6.07) is 4.71. The van der Waals surface area contributed by atoms with Crippen LogP contribution in [0.2, 0.25) is 0 Å². The van der Waals surface area contributed by atoms with E-state index >= 15 is 0 Å². The van der Waals surface area contributed by atoms with E-state index in [9.17, 15) is 18.3 Å². The Hall–Kier alpha value is -1.91. The van der Waals surface area contributed by atoms with Gasteiger partial charge in [0.1, 0.15) is 6.10 Å². The number of ether oxygens (including phenoxy) is 2. The van der Waals surface area contributed by atoms with Gasteiger partial charge in [-0.1, -0.05) is 32.1 Å². The molecule has 0 radical (unpaired) electrons. The summed E-state index contributed by atoms with van der Waals surface area (Å²) in [6.07, 6.45) is 0.592. The van der Waals surface area contributed by atoms with Gasteiger partial charge >= 0.3 is 6.18 Å². The molecule has 1 aliphatic heterocycles. The van der Waals surface area contributed by atoms with Crippen molar-refractivity contribution in [2.75, 3.05) is 13.2 Å². The molecule has 5 nitrogen and oxygen atoms in total. The number of aryl methyl sites for hydroxylation is 1. The van der Waals surface area contributed by atoms with E-state index in [4.69, 9.17) is 18.6 Å². The third-order valence-corrected chi connectivity index (χ3v) is 7.91. The first-order valence-electron chi connectivity index (χ1n) is 12.8. The van der Waals surface area contributed by atoms with Crippen LogP contribution in [0.3, 0.4) is 0 Å². The predicted molar refractivity (Wildman–Crippen MR) is 136 cm³/mol. The van der Waals surface area contributed by atoms with Crippen molar-refractivity contribution in [3.63, 3.8) is 0 Å². The molecule has 1 spiro atoms. The highest BCUT2D eigenvalue weighted by Crippen LogP contribution is 2.48. The van der Waals surface area contributed by atoms with E-state index < -0.39 is 23.6 Å². The number of hydrogen-bond donors (Lipinski definition) is 2. The second-order valence-corrected chi connectivity index (χ2v) is 10.6. The summed E-state index contributed by atoms with van der Waals surface area (Å²) in [5.74, 6) is -0.624. The second-order valence-electron chi connectivity index (χ2n) is 10.4. The molecule has 37 heavy (non-hydrogen) atoms. The number of benzene rings is 1. The number of aliphatic hydroxyl groups is 1. The SMILES string of the molecule is CC(C)c1nc2c(c(C3=CCC4(CC3)OCCO4)c1C(O)c1ccc(C(F)(F)F)cc1)C(OS)CCC2. The lowest BCUT2D eigenvalue weighted by atomic mass is 9.77. The zero-order valence-corrected chi connectivity index (χ0v) is 21.9. The monoisotopic (exact) mass is 535 g/mol. The Labute approximate surface area is 220 Å². The molecular formula is C28H32F3NO4S. The molecule has 1 aromatic heterocycles. The number of pyridine rings is 1. The number of allylic oxidation sites excluding steroid dienone is 1. The van der Waals surface area contributed by atoms with Gasteiger partial charge in [0, 0.05) is 35.4 Å². The molecule has 9 heteroatoms. The van der Waals surface area contributed by atoms with E-state index in [1.54, 1.807) is 0 Å². The summed E-state index contributed by atoms with van der Waals surface area (Å²) in [5, 5.41) is 11.7. The Kier molecular flexibility index (Phi) is 7.46. The molecule has 1 fully saturated rings. The Balaban J connectivity index is 1.68. The number of rotatable bonds is 5. The van der Waals surface area contributed by atoms with Crippen molar-refractivity contribution in [2.24, 2.45) is 0 Å². The lowest BCUT2D eigenvalue weighted by Crippen LogP contribution is -2.32. The number of aliphatic hydroxyl groups excluding tert-OH is 1. The lowest BCUT2D eigenvalue weighted by Gasteiger charge is -2.35. The van der Waals surface area contributed by atoms with Gasteiger partial charge in [-0.25, -0.2) is 0 Å².